The summed E-state index contributed by atoms with van der Waals surface area (Å²) in [6.07, 6.45) is 1.09. The zero-order valence-corrected chi connectivity index (χ0v) is 13.1. The van der Waals surface area contributed by atoms with Gasteiger partial charge in [-0.1, -0.05) is 47.1 Å². The van der Waals surface area contributed by atoms with E-state index in [-0.39, 0.29) is 0 Å². The number of hydrogen-bond acceptors (Lipinski definition) is 2. The van der Waals surface area contributed by atoms with Gasteiger partial charge in [0, 0.05) is 10.0 Å². The van der Waals surface area contributed by atoms with E-state index in [1.54, 1.807) is 0 Å². The van der Waals surface area contributed by atoms with E-state index in [1.165, 1.54) is 16.7 Å². The fourth-order valence-corrected chi connectivity index (χ4v) is 3.74. The molecule has 0 spiro atoms. The Bertz CT molecular complexity index is 580. The minimum Gasteiger partial charge on any atom is -0.483 e. The first kappa shape index (κ1) is 13.1. The lowest BCUT2D eigenvalue weighted by atomic mass is 10.0. The van der Waals surface area contributed by atoms with Crippen molar-refractivity contribution in [1.82, 2.24) is 0 Å². The number of aryl methyl sites for hydroxylation is 1. The van der Waals surface area contributed by atoms with Crippen LogP contribution in [-0.2, 0) is 6.42 Å². The highest BCUT2D eigenvalue weighted by atomic mass is 79.9. The molecule has 0 aromatic heterocycles. The molecule has 19 heavy (non-hydrogen) atoms. The van der Waals surface area contributed by atoms with E-state index in [4.69, 9.17) is 4.74 Å². The van der Waals surface area contributed by atoms with Gasteiger partial charge < -0.3 is 4.74 Å². The van der Waals surface area contributed by atoms with Crippen molar-refractivity contribution in [1.29, 1.82) is 0 Å². The molecule has 0 aliphatic carbocycles. The Morgan fingerprint density at radius 3 is 2.74 bits per heavy atom. The van der Waals surface area contributed by atoms with Gasteiger partial charge in [0.25, 0.3) is 0 Å². The summed E-state index contributed by atoms with van der Waals surface area (Å²) in [7, 11) is 0. The molecule has 98 valence electrons. The normalized spacial score (nSPS) is 17.7. The van der Waals surface area contributed by atoms with Crippen LogP contribution in [0.25, 0.3) is 0 Å². The number of benzene rings is 2. The van der Waals surface area contributed by atoms with Crippen LogP contribution >= 0.6 is 27.7 Å². The molecule has 2 aromatic rings. The van der Waals surface area contributed by atoms with Crippen LogP contribution in [0, 0.1) is 0 Å². The molecule has 2 aromatic carbocycles. The van der Waals surface area contributed by atoms with Crippen LogP contribution in [0.4, 0.5) is 0 Å². The Kier molecular flexibility index (Phi) is 3.85. The first-order valence-electron chi connectivity index (χ1n) is 6.40. The van der Waals surface area contributed by atoms with Crippen molar-refractivity contribution in [2.45, 2.75) is 18.6 Å². The fourth-order valence-electron chi connectivity index (χ4n) is 2.31. The summed E-state index contributed by atoms with van der Waals surface area (Å²) in [6, 6.07) is 15.2. The van der Waals surface area contributed by atoms with Crippen LogP contribution in [0.5, 0.6) is 5.75 Å². The molecule has 0 fully saturated rings. The monoisotopic (exact) mass is 334 g/mol. The van der Waals surface area contributed by atoms with Gasteiger partial charge in [-0.05, 0) is 35.7 Å². The molecular weight excluding hydrogens is 320 g/mol. The maximum Gasteiger partial charge on any atom is 0.135 e. The second-order valence-electron chi connectivity index (χ2n) is 4.59. The molecule has 0 saturated heterocycles. The maximum absolute atomic E-state index is 5.72. The van der Waals surface area contributed by atoms with Crippen LogP contribution in [0.3, 0.4) is 0 Å². The van der Waals surface area contributed by atoms with Crippen molar-refractivity contribution in [3.05, 3.63) is 63.6 Å². The van der Waals surface area contributed by atoms with Gasteiger partial charge in [0.05, 0.1) is 5.25 Å². The summed E-state index contributed by atoms with van der Waals surface area (Å²) in [5.74, 6) is 1.72. The molecule has 1 unspecified atom stereocenters. The molecule has 3 heteroatoms. The molecule has 0 radical (unpaired) electrons. The molecule has 0 amide bonds. The highest BCUT2D eigenvalue weighted by Gasteiger charge is 2.23. The summed E-state index contributed by atoms with van der Waals surface area (Å²) in [5.41, 5.74) is 4.00. The van der Waals surface area contributed by atoms with E-state index in [0.717, 1.165) is 22.6 Å². The SMILES string of the molecule is CCc1ccc(C2SCOc3ccc(Br)cc32)cc1. The van der Waals surface area contributed by atoms with Crippen LogP contribution in [0.1, 0.15) is 28.9 Å². The molecule has 1 aliphatic heterocycles. The second kappa shape index (κ2) is 5.59. The van der Waals surface area contributed by atoms with Gasteiger partial charge in [-0.3, -0.25) is 0 Å². The van der Waals surface area contributed by atoms with Crippen LogP contribution < -0.4 is 4.74 Å². The molecule has 0 bridgehead atoms. The third-order valence-electron chi connectivity index (χ3n) is 3.39. The lowest BCUT2D eigenvalue weighted by Crippen LogP contribution is -2.10. The highest BCUT2D eigenvalue weighted by Crippen LogP contribution is 2.44. The van der Waals surface area contributed by atoms with E-state index < -0.39 is 0 Å². The predicted molar refractivity (Wildman–Crippen MR) is 84.9 cm³/mol. The minimum absolute atomic E-state index is 0.368. The highest BCUT2D eigenvalue weighted by molar-refractivity contribution is 9.10. The molecular formula is C16H15BrOS. The predicted octanol–water partition coefficient (Wildman–Crippen LogP) is 5.18. The lowest BCUT2D eigenvalue weighted by Gasteiger charge is -2.26. The quantitative estimate of drug-likeness (QED) is 0.747. The Morgan fingerprint density at radius 2 is 2.00 bits per heavy atom. The maximum atomic E-state index is 5.72. The molecule has 1 nitrogen and oxygen atoms in total. The van der Waals surface area contributed by atoms with Crippen LogP contribution in [-0.4, -0.2) is 5.94 Å². The largest absolute Gasteiger partial charge is 0.483 e. The summed E-state index contributed by atoms with van der Waals surface area (Å²) in [6.45, 7) is 2.19. The summed E-state index contributed by atoms with van der Waals surface area (Å²) in [4.78, 5) is 0. The third-order valence-corrected chi connectivity index (χ3v) is 5.00. The first-order valence-corrected chi connectivity index (χ1v) is 8.25. The number of halogens is 1. The van der Waals surface area contributed by atoms with Gasteiger partial charge in [0.1, 0.15) is 11.7 Å². The van der Waals surface area contributed by atoms with Gasteiger partial charge in [-0.15, -0.1) is 11.8 Å². The smallest absolute Gasteiger partial charge is 0.135 e. The van der Waals surface area contributed by atoms with Gasteiger partial charge in [-0.25, -0.2) is 0 Å². The van der Waals surface area contributed by atoms with E-state index >= 15 is 0 Å². The van der Waals surface area contributed by atoms with Crippen molar-refractivity contribution in [3.63, 3.8) is 0 Å². The van der Waals surface area contributed by atoms with Crippen LogP contribution in [0.15, 0.2) is 46.9 Å². The molecule has 0 saturated carbocycles. The second-order valence-corrected chi connectivity index (χ2v) is 6.54. The topological polar surface area (TPSA) is 9.23 Å². The van der Waals surface area contributed by atoms with E-state index in [0.29, 0.717) is 5.25 Å². The third kappa shape index (κ3) is 2.67. The number of rotatable bonds is 2. The minimum atomic E-state index is 0.368. The Hall–Kier alpha value is -0.930. The summed E-state index contributed by atoms with van der Waals surface area (Å²) < 4.78 is 6.82. The Balaban J connectivity index is 2.00. The zero-order chi connectivity index (χ0) is 13.2. The number of ether oxygens (including phenoxy) is 1. The van der Waals surface area contributed by atoms with Crippen molar-refractivity contribution in [2.24, 2.45) is 0 Å². The fraction of sp³-hybridized carbons (Fsp3) is 0.250. The molecule has 1 heterocycles. The standard InChI is InChI=1S/C16H15BrOS/c1-2-11-3-5-12(6-4-11)16-14-9-13(17)7-8-15(14)18-10-19-16/h3-9,16H,2,10H2,1H3. The van der Waals surface area contributed by atoms with Crippen LogP contribution in [0.2, 0.25) is 0 Å². The average molecular weight is 335 g/mol. The van der Waals surface area contributed by atoms with Gasteiger partial charge in [0.2, 0.25) is 0 Å². The lowest BCUT2D eigenvalue weighted by molar-refractivity contribution is 0.381. The van der Waals surface area contributed by atoms with Crippen molar-refractivity contribution >= 4 is 27.7 Å². The van der Waals surface area contributed by atoms with Gasteiger partial charge in [-0.2, -0.15) is 0 Å². The summed E-state index contributed by atoms with van der Waals surface area (Å²) in [5, 5.41) is 0.368. The number of fused-ring (bicyclic) bond motifs is 1. The van der Waals surface area contributed by atoms with Crippen molar-refractivity contribution in [2.75, 3.05) is 5.94 Å². The molecule has 1 aliphatic rings. The Morgan fingerprint density at radius 1 is 1.21 bits per heavy atom. The number of thioether (sulfide) groups is 1. The average Bonchev–Trinajstić information content (AvgIpc) is 2.47. The van der Waals surface area contributed by atoms with E-state index in [9.17, 15) is 0 Å². The molecule has 0 N–H and O–H groups in total. The van der Waals surface area contributed by atoms with E-state index in [1.807, 2.05) is 23.9 Å². The van der Waals surface area contributed by atoms with E-state index in [2.05, 4.69) is 53.2 Å². The number of hydrogen-bond donors (Lipinski definition) is 0. The molecule has 3 rings (SSSR count). The van der Waals surface area contributed by atoms with Gasteiger partial charge in [0.15, 0.2) is 0 Å². The van der Waals surface area contributed by atoms with Crippen molar-refractivity contribution < 1.29 is 4.74 Å². The first-order chi connectivity index (χ1) is 9.28. The zero-order valence-electron chi connectivity index (χ0n) is 10.7. The molecule has 1 atom stereocenters. The Labute approximate surface area is 126 Å². The summed E-state index contributed by atoms with van der Waals surface area (Å²) >= 11 is 5.39. The van der Waals surface area contributed by atoms with Crippen molar-refractivity contribution in [3.8, 4) is 5.75 Å². The van der Waals surface area contributed by atoms with Gasteiger partial charge >= 0.3 is 0 Å².